The summed E-state index contributed by atoms with van der Waals surface area (Å²) in [7, 11) is 0. The summed E-state index contributed by atoms with van der Waals surface area (Å²) in [5, 5.41) is 4.62. The minimum atomic E-state index is -0.457. The van der Waals surface area contributed by atoms with Crippen LogP contribution in [0.3, 0.4) is 0 Å². The highest BCUT2D eigenvalue weighted by atomic mass is 32.2. The fourth-order valence-electron chi connectivity index (χ4n) is 4.05. The summed E-state index contributed by atoms with van der Waals surface area (Å²) in [6.45, 7) is 2.47. The van der Waals surface area contributed by atoms with Gasteiger partial charge in [-0.05, 0) is 49.4 Å². The molecule has 1 amide bonds. The smallest absolute Gasteiger partial charge is 0.242 e. The van der Waals surface area contributed by atoms with Gasteiger partial charge in [-0.2, -0.15) is 0 Å². The highest BCUT2D eigenvalue weighted by Crippen LogP contribution is 2.44. The predicted octanol–water partition coefficient (Wildman–Crippen LogP) is 6.05. The fourth-order valence-corrected chi connectivity index (χ4v) is 6.47. The van der Waals surface area contributed by atoms with Crippen LogP contribution in [0.25, 0.3) is 10.2 Å². The van der Waals surface area contributed by atoms with Gasteiger partial charge in [0.15, 0.2) is 0 Å². The van der Waals surface area contributed by atoms with Crippen LogP contribution in [0.15, 0.2) is 66.0 Å². The highest BCUT2D eigenvalue weighted by Gasteiger charge is 2.27. The van der Waals surface area contributed by atoms with Crippen LogP contribution < -0.4 is 10.1 Å². The number of hydrogen-bond acceptors (Lipinski definition) is 6. The molecule has 5 rings (SSSR count). The molecule has 0 fully saturated rings. The van der Waals surface area contributed by atoms with E-state index in [1.54, 1.807) is 17.7 Å². The van der Waals surface area contributed by atoms with Crippen molar-refractivity contribution in [2.45, 2.75) is 36.5 Å². The average Bonchev–Trinajstić information content (AvgIpc) is 3.41. The van der Waals surface area contributed by atoms with Crippen LogP contribution >= 0.6 is 23.1 Å². The van der Waals surface area contributed by atoms with Crippen molar-refractivity contribution >= 4 is 44.9 Å². The van der Waals surface area contributed by atoms with Crippen LogP contribution in [0.5, 0.6) is 5.75 Å². The second-order valence-corrected chi connectivity index (χ2v) is 9.72. The number of thiophene rings is 1. The third-order valence-corrected chi connectivity index (χ3v) is 7.94. The van der Waals surface area contributed by atoms with Crippen molar-refractivity contribution in [2.24, 2.45) is 0 Å². The molecule has 2 heterocycles. The average molecular weight is 462 g/mol. The van der Waals surface area contributed by atoms with Gasteiger partial charge in [-0.15, -0.1) is 11.3 Å². The Morgan fingerprint density at radius 2 is 1.94 bits per heavy atom. The predicted molar refractivity (Wildman–Crippen MR) is 131 cm³/mol. The topological polar surface area (TPSA) is 64.1 Å². The molecule has 32 heavy (non-hydrogen) atoms. The lowest BCUT2D eigenvalue weighted by Crippen LogP contribution is -2.19. The van der Waals surface area contributed by atoms with Crippen LogP contribution in [0.4, 0.5) is 5.69 Å². The Morgan fingerprint density at radius 1 is 1.12 bits per heavy atom. The zero-order chi connectivity index (χ0) is 21.9. The van der Waals surface area contributed by atoms with Crippen molar-refractivity contribution in [1.29, 1.82) is 0 Å². The number of aryl methyl sites for hydroxylation is 2. The molecule has 162 valence electrons. The number of hydrogen-bond donors (Lipinski definition) is 1. The number of carbonyl (C=O) groups is 1. The van der Waals surface area contributed by atoms with Crippen molar-refractivity contribution in [3.8, 4) is 5.75 Å². The number of nitrogens with zero attached hydrogens (tertiary/aromatic N) is 2. The van der Waals surface area contributed by atoms with Crippen molar-refractivity contribution in [3.05, 3.63) is 76.9 Å². The second kappa shape index (κ2) is 9.30. The Bertz CT molecular complexity index is 1260. The molecule has 1 aliphatic rings. The Morgan fingerprint density at radius 3 is 2.78 bits per heavy atom. The van der Waals surface area contributed by atoms with E-state index in [0.717, 1.165) is 33.6 Å². The quantitative estimate of drug-likeness (QED) is 0.268. The van der Waals surface area contributed by atoms with Gasteiger partial charge in [-0.3, -0.25) is 4.79 Å². The Balaban J connectivity index is 1.51. The van der Waals surface area contributed by atoms with Gasteiger partial charge in [-0.1, -0.05) is 54.2 Å². The molecule has 0 bridgehead atoms. The van der Waals surface area contributed by atoms with E-state index in [1.807, 2.05) is 61.5 Å². The van der Waals surface area contributed by atoms with Gasteiger partial charge < -0.3 is 10.1 Å². The molecule has 2 aromatic heterocycles. The number of rotatable bonds is 7. The molecular weight excluding hydrogens is 438 g/mol. The molecule has 2 aromatic carbocycles. The van der Waals surface area contributed by atoms with Gasteiger partial charge in [0.25, 0.3) is 0 Å². The molecule has 0 saturated carbocycles. The van der Waals surface area contributed by atoms with Crippen LogP contribution in [-0.2, 0) is 17.6 Å². The van der Waals surface area contributed by atoms with Crippen LogP contribution in [0, 0.1) is 0 Å². The molecule has 7 heteroatoms. The maximum Gasteiger partial charge on any atom is 0.242 e. The first kappa shape index (κ1) is 21.0. The standard InChI is InChI=1S/C25H23N3O2S2/c1-2-30-19-13-7-6-12-18(19)28-23(29)22(16-9-4-3-5-10-16)32-25-21-17-11-8-14-20(17)31-24(21)26-15-27-25/h3-7,9-10,12-13,15,22H,2,8,11,14H2,1H3,(H,28,29). The van der Waals surface area contributed by atoms with Crippen molar-refractivity contribution in [1.82, 2.24) is 9.97 Å². The Hall–Kier alpha value is -2.90. The molecule has 5 nitrogen and oxygen atoms in total. The number of carbonyl (C=O) groups excluding carboxylic acids is 1. The molecule has 0 spiro atoms. The molecular formula is C25H23N3O2S2. The molecule has 0 radical (unpaired) electrons. The summed E-state index contributed by atoms with van der Waals surface area (Å²) in [6, 6.07) is 17.4. The van der Waals surface area contributed by atoms with Gasteiger partial charge in [0.1, 0.15) is 27.2 Å². The lowest BCUT2D eigenvalue weighted by atomic mass is 10.1. The zero-order valence-corrected chi connectivity index (χ0v) is 19.3. The van der Waals surface area contributed by atoms with Crippen LogP contribution in [0.1, 0.15) is 34.6 Å². The fraction of sp³-hybridized carbons (Fsp3) is 0.240. The maximum atomic E-state index is 13.6. The molecule has 0 saturated heterocycles. The largest absolute Gasteiger partial charge is 0.492 e. The lowest BCUT2D eigenvalue weighted by molar-refractivity contribution is -0.115. The Kier molecular flexibility index (Phi) is 6.10. The first-order chi connectivity index (χ1) is 15.7. The maximum absolute atomic E-state index is 13.6. The van der Waals surface area contributed by atoms with Gasteiger partial charge in [-0.25, -0.2) is 9.97 Å². The normalized spacial score (nSPS) is 13.7. The van der Waals surface area contributed by atoms with Gasteiger partial charge in [0, 0.05) is 10.3 Å². The summed E-state index contributed by atoms with van der Waals surface area (Å²) < 4.78 is 5.70. The summed E-state index contributed by atoms with van der Waals surface area (Å²) in [5.41, 5.74) is 2.97. The number of anilines is 1. The highest BCUT2D eigenvalue weighted by molar-refractivity contribution is 8.00. The van der Waals surface area contributed by atoms with Crippen LogP contribution in [0.2, 0.25) is 0 Å². The van der Waals surface area contributed by atoms with E-state index in [1.165, 1.54) is 28.6 Å². The number of benzene rings is 2. The Labute approximate surface area is 195 Å². The minimum Gasteiger partial charge on any atom is -0.492 e. The summed E-state index contributed by atoms with van der Waals surface area (Å²) in [4.78, 5) is 25.1. The van der Waals surface area contributed by atoms with E-state index in [2.05, 4.69) is 15.3 Å². The second-order valence-electron chi connectivity index (χ2n) is 7.54. The third kappa shape index (κ3) is 4.10. The third-order valence-electron chi connectivity index (χ3n) is 5.48. The first-order valence-corrected chi connectivity index (χ1v) is 12.4. The number of amides is 1. The number of nitrogens with one attached hydrogen (secondary N) is 1. The van der Waals surface area contributed by atoms with Gasteiger partial charge >= 0.3 is 0 Å². The van der Waals surface area contributed by atoms with E-state index in [0.29, 0.717) is 18.0 Å². The summed E-state index contributed by atoms with van der Waals surface area (Å²) in [6.07, 6.45) is 4.95. The van der Waals surface area contributed by atoms with Crippen molar-refractivity contribution in [3.63, 3.8) is 0 Å². The number of para-hydroxylation sites is 2. The van der Waals surface area contributed by atoms with Crippen molar-refractivity contribution < 1.29 is 9.53 Å². The molecule has 1 aliphatic carbocycles. The molecule has 1 N–H and O–H groups in total. The van der Waals surface area contributed by atoms with E-state index < -0.39 is 5.25 Å². The number of fused-ring (bicyclic) bond motifs is 3. The SMILES string of the molecule is CCOc1ccccc1NC(=O)C(Sc1ncnc2sc3c(c12)CCC3)c1ccccc1. The van der Waals surface area contributed by atoms with E-state index in [-0.39, 0.29) is 5.91 Å². The number of thioether (sulfide) groups is 1. The summed E-state index contributed by atoms with van der Waals surface area (Å²) in [5.74, 6) is 0.562. The monoisotopic (exact) mass is 461 g/mol. The van der Waals surface area contributed by atoms with Gasteiger partial charge in [0.2, 0.25) is 5.91 Å². The van der Waals surface area contributed by atoms with Crippen molar-refractivity contribution in [2.75, 3.05) is 11.9 Å². The van der Waals surface area contributed by atoms with E-state index >= 15 is 0 Å². The number of aromatic nitrogens is 2. The molecule has 1 atom stereocenters. The molecule has 4 aromatic rings. The molecule has 0 aliphatic heterocycles. The van der Waals surface area contributed by atoms with E-state index in [9.17, 15) is 4.79 Å². The molecule has 1 unspecified atom stereocenters. The van der Waals surface area contributed by atoms with Gasteiger partial charge in [0.05, 0.1) is 12.3 Å². The number of ether oxygens (including phenoxy) is 1. The lowest BCUT2D eigenvalue weighted by Gasteiger charge is -2.18. The zero-order valence-electron chi connectivity index (χ0n) is 17.7. The van der Waals surface area contributed by atoms with Crippen LogP contribution in [-0.4, -0.2) is 22.5 Å². The minimum absolute atomic E-state index is 0.105. The van der Waals surface area contributed by atoms with E-state index in [4.69, 9.17) is 4.74 Å². The first-order valence-electron chi connectivity index (χ1n) is 10.7. The summed E-state index contributed by atoms with van der Waals surface area (Å²) >= 11 is 3.25.